The van der Waals surface area contributed by atoms with Gasteiger partial charge in [-0.1, -0.05) is 18.2 Å². The fraction of sp³-hybridized carbons (Fsp3) is 0.278. The Labute approximate surface area is 142 Å². The summed E-state index contributed by atoms with van der Waals surface area (Å²) in [6, 6.07) is 8.87. The van der Waals surface area contributed by atoms with E-state index in [-0.39, 0.29) is 12.3 Å². The molecule has 0 radical (unpaired) electrons. The fourth-order valence-corrected chi connectivity index (χ4v) is 2.95. The second-order valence-corrected chi connectivity index (χ2v) is 5.88. The van der Waals surface area contributed by atoms with Crippen LogP contribution in [0.25, 0.3) is 10.9 Å². The summed E-state index contributed by atoms with van der Waals surface area (Å²) in [5, 5.41) is 3.59. The molecule has 2 heterocycles. The molecule has 1 aromatic carbocycles. The highest BCUT2D eigenvalue weighted by molar-refractivity contribution is 5.95. The van der Waals surface area contributed by atoms with Gasteiger partial charge in [0.15, 0.2) is 0 Å². The molecule has 0 aliphatic rings. The summed E-state index contributed by atoms with van der Waals surface area (Å²) < 4.78 is 43.4. The third-order valence-corrected chi connectivity index (χ3v) is 4.04. The third kappa shape index (κ3) is 3.40. The molecule has 0 saturated heterocycles. The Kier molecular flexibility index (Phi) is 4.32. The smallest absolute Gasteiger partial charge is 0.450 e. The molecule has 0 bridgehead atoms. The maximum absolute atomic E-state index is 12.9. The van der Waals surface area contributed by atoms with Crippen molar-refractivity contribution >= 4 is 16.8 Å². The van der Waals surface area contributed by atoms with Crippen LogP contribution < -0.4 is 5.32 Å². The van der Waals surface area contributed by atoms with E-state index in [1.807, 2.05) is 31.2 Å². The van der Waals surface area contributed by atoms with Gasteiger partial charge in [-0.2, -0.15) is 13.2 Å². The molecule has 1 amide bonds. The van der Waals surface area contributed by atoms with Crippen molar-refractivity contribution in [2.24, 2.45) is 0 Å². The van der Waals surface area contributed by atoms with Gasteiger partial charge >= 0.3 is 6.18 Å². The molecule has 2 N–H and O–H groups in total. The first-order valence-electron chi connectivity index (χ1n) is 7.79. The average molecular weight is 350 g/mol. The van der Waals surface area contributed by atoms with Crippen molar-refractivity contribution in [2.75, 3.05) is 6.54 Å². The van der Waals surface area contributed by atoms with Crippen molar-refractivity contribution in [3.05, 3.63) is 58.7 Å². The number of nitrogens with one attached hydrogen (secondary N) is 2. The highest BCUT2D eigenvalue weighted by Crippen LogP contribution is 2.34. The van der Waals surface area contributed by atoms with Crippen LogP contribution in [-0.4, -0.2) is 17.4 Å². The van der Waals surface area contributed by atoms with Gasteiger partial charge < -0.3 is 14.7 Å². The number of benzene rings is 1. The van der Waals surface area contributed by atoms with E-state index in [2.05, 4.69) is 14.7 Å². The van der Waals surface area contributed by atoms with Crippen LogP contribution in [0.15, 0.2) is 34.7 Å². The largest absolute Gasteiger partial charge is 0.456 e. The zero-order valence-corrected chi connectivity index (χ0v) is 13.8. The van der Waals surface area contributed by atoms with Crippen molar-refractivity contribution in [3.63, 3.8) is 0 Å². The summed E-state index contributed by atoms with van der Waals surface area (Å²) in [5.74, 6) is -2.00. The van der Waals surface area contributed by atoms with Gasteiger partial charge in [0.05, 0.1) is 5.56 Å². The lowest BCUT2D eigenvalue weighted by molar-refractivity contribution is -0.153. The number of fused-ring (bicyclic) bond motifs is 1. The summed E-state index contributed by atoms with van der Waals surface area (Å²) in [5.41, 5.74) is 2.52. The molecular formula is C18H17F3N2O2. The number of carbonyl (C=O) groups is 1. The SMILES string of the molecule is Cc1cc(C(=O)NCCc2c(C)[nH]c3ccccc23)c(C(F)(F)F)o1. The molecule has 0 fully saturated rings. The van der Waals surface area contributed by atoms with Gasteiger partial charge in [0.2, 0.25) is 5.76 Å². The van der Waals surface area contributed by atoms with E-state index in [1.165, 1.54) is 6.92 Å². The van der Waals surface area contributed by atoms with Crippen LogP contribution in [0.4, 0.5) is 13.2 Å². The van der Waals surface area contributed by atoms with Crippen LogP contribution >= 0.6 is 0 Å². The van der Waals surface area contributed by atoms with Crippen molar-refractivity contribution in [3.8, 4) is 0 Å². The number of H-pyrrole nitrogens is 1. The number of furan rings is 1. The molecule has 25 heavy (non-hydrogen) atoms. The maximum Gasteiger partial charge on any atom is 0.450 e. The predicted molar refractivity (Wildman–Crippen MR) is 87.5 cm³/mol. The van der Waals surface area contributed by atoms with Crippen LogP contribution in [0.3, 0.4) is 0 Å². The number of amides is 1. The molecule has 4 nitrogen and oxygen atoms in total. The van der Waals surface area contributed by atoms with E-state index in [4.69, 9.17) is 0 Å². The molecule has 0 unspecified atom stereocenters. The Morgan fingerprint density at radius 2 is 1.96 bits per heavy atom. The summed E-state index contributed by atoms with van der Waals surface area (Å²) in [7, 11) is 0. The molecule has 0 aliphatic heterocycles. The van der Waals surface area contributed by atoms with E-state index in [0.29, 0.717) is 6.42 Å². The lowest BCUT2D eigenvalue weighted by atomic mass is 10.1. The molecule has 3 rings (SSSR count). The van der Waals surface area contributed by atoms with Gasteiger partial charge in [-0.25, -0.2) is 0 Å². The topological polar surface area (TPSA) is 58.0 Å². The van der Waals surface area contributed by atoms with E-state index in [0.717, 1.165) is 28.2 Å². The molecular weight excluding hydrogens is 333 g/mol. The van der Waals surface area contributed by atoms with E-state index in [1.54, 1.807) is 0 Å². The quantitative estimate of drug-likeness (QED) is 0.734. The van der Waals surface area contributed by atoms with Gasteiger partial charge in [0, 0.05) is 23.1 Å². The number of alkyl halides is 3. The van der Waals surface area contributed by atoms with Crippen LogP contribution in [0.1, 0.15) is 33.1 Å². The minimum Gasteiger partial charge on any atom is -0.456 e. The molecule has 0 saturated carbocycles. The number of aromatic amines is 1. The first-order chi connectivity index (χ1) is 11.8. The Bertz CT molecular complexity index is 922. The number of halogens is 3. The van der Waals surface area contributed by atoms with Crippen LogP contribution in [0.5, 0.6) is 0 Å². The van der Waals surface area contributed by atoms with E-state index >= 15 is 0 Å². The van der Waals surface area contributed by atoms with Crippen molar-refractivity contribution in [1.82, 2.24) is 10.3 Å². The van der Waals surface area contributed by atoms with Gasteiger partial charge in [-0.3, -0.25) is 4.79 Å². The first-order valence-corrected chi connectivity index (χ1v) is 7.79. The predicted octanol–water partition coefficient (Wildman–Crippen LogP) is 4.37. The molecule has 0 atom stereocenters. The number of hydrogen-bond donors (Lipinski definition) is 2. The van der Waals surface area contributed by atoms with Crippen LogP contribution in [0, 0.1) is 13.8 Å². The van der Waals surface area contributed by atoms with Crippen molar-refractivity contribution in [1.29, 1.82) is 0 Å². The van der Waals surface area contributed by atoms with Gasteiger partial charge in [0.1, 0.15) is 5.76 Å². The second-order valence-electron chi connectivity index (χ2n) is 5.88. The summed E-state index contributed by atoms with van der Waals surface area (Å²) in [6.07, 6.45) is -4.19. The van der Waals surface area contributed by atoms with Crippen molar-refractivity contribution < 1.29 is 22.4 Å². The fourth-order valence-electron chi connectivity index (χ4n) is 2.95. The van der Waals surface area contributed by atoms with Crippen LogP contribution in [0.2, 0.25) is 0 Å². The summed E-state index contributed by atoms with van der Waals surface area (Å²) in [4.78, 5) is 15.4. The van der Waals surface area contributed by atoms with Crippen LogP contribution in [-0.2, 0) is 12.6 Å². The standard InChI is InChI=1S/C18H17F3N2O2/c1-10-9-14(16(25-10)18(19,20)21)17(24)22-8-7-12-11(2)23-15-6-4-3-5-13(12)15/h3-6,9,23H,7-8H2,1-2H3,(H,22,24). The van der Waals surface area contributed by atoms with E-state index in [9.17, 15) is 18.0 Å². The minimum absolute atomic E-state index is 0.0462. The number of aryl methyl sites for hydroxylation is 2. The Hall–Kier alpha value is -2.70. The lowest BCUT2D eigenvalue weighted by Gasteiger charge is -2.08. The monoisotopic (exact) mass is 350 g/mol. The van der Waals surface area contributed by atoms with Gasteiger partial charge in [0.25, 0.3) is 5.91 Å². The summed E-state index contributed by atoms with van der Waals surface area (Å²) >= 11 is 0. The number of carbonyl (C=O) groups excluding carboxylic acids is 1. The zero-order chi connectivity index (χ0) is 18.2. The Morgan fingerprint density at radius 3 is 2.68 bits per heavy atom. The number of rotatable bonds is 4. The van der Waals surface area contributed by atoms with Gasteiger partial charge in [-0.15, -0.1) is 0 Å². The Balaban J connectivity index is 1.72. The Morgan fingerprint density at radius 1 is 1.24 bits per heavy atom. The molecule has 0 aliphatic carbocycles. The normalized spacial score (nSPS) is 11.9. The highest BCUT2D eigenvalue weighted by atomic mass is 19.4. The minimum atomic E-state index is -4.70. The molecule has 132 valence electrons. The van der Waals surface area contributed by atoms with Gasteiger partial charge in [-0.05, 0) is 38.0 Å². The summed E-state index contributed by atoms with van der Waals surface area (Å²) in [6.45, 7) is 3.53. The average Bonchev–Trinajstić information content (AvgIpc) is 3.08. The second kappa shape index (κ2) is 6.31. The molecule has 2 aromatic heterocycles. The maximum atomic E-state index is 12.9. The zero-order valence-electron chi connectivity index (χ0n) is 13.8. The van der Waals surface area contributed by atoms with E-state index < -0.39 is 23.4 Å². The first kappa shape index (κ1) is 17.1. The van der Waals surface area contributed by atoms with Crippen molar-refractivity contribution in [2.45, 2.75) is 26.4 Å². The third-order valence-electron chi connectivity index (χ3n) is 4.04. The number of aromatic nitrogens is 1. The molecule has 3 aromatic rings. The number of para-hydroxylation sites is 1. The molecule has 7 heteroatoms. The number of hydrogen-bond acceptors (Lipinski definition) is 2. The molecule has 0 spiro atoms. The lowest BCUT2D eigenvalue weighted by Crippen LogP contribution is -2.27. The highest BCUT2D eigenvalue weighted by Gasteiger charge is 2.39.